The number of benzene rings is 2. The summed E-state index contributed by atoms with van der Waals surface area (Å²) in [5.74, 6) is -0.596. The van der Waals surface area contributed by atoms with Gasteiger partial charge in [-0.15, -0.1) is 0 Å². The molecule has 3 aromatic rings. The highest BCUT2D eigenvalue weighted by atomic mass is 16.3. The van der Waals surface area contributed by atoms with Gasteiger partial charge in [0.2, 0.25) is 5.91 Å². The van der Waals surface area contributed by atoms with Crippen LogP contribution in [-0.2, 0) is 15.2 Å². The molecule has 30 heavy (non-hydrogen) atoms. The summed E-state index contributed by atoms with van der Waals surface area (Å²) in [6, 6.07) is 12.4. The summed E-state index contributed by atoms with van der Waals surface area (Å²) in [6.45, 7) is 1.66. The molecule has 1 N–H and O–H groups in total. The Balaban J connectivity index is 1.57. The lowest BCUT2D eigenvalue weighted by molar-refractivity contribution is -0.158. The predicted octanol–water partition coefficient (Wildman–Crippen LogP) is 1.13. The van der Waals surface area contributed by atoms with Crippen molar-refractivity contribution in [2.75, 3.05) is 4.90 Å². The highest BCUT2D eigenvalue weighted by Gasteiger charge is 2.66. The number of rotatable bonds is 1. The van der Waals surface area contributed by atoms with Crippen LogP contribution in [0.4, 0.5) is 5.69 Å². The third-order valence-electron chi connectivity index (χ3n) is 6.65. The summed E-state index contributed by atoms with van der Waals surface area (Å²) < 4.78 is 1.29. The Bertz CT molecular complexity index is 1320. The number of piperidine rings is 1. The van der Waals surface area contributed by atoms with Crippen LogP contribution < -0.4 is 10.5 Å². The zero-order valence-corrected chi connectivity index (χ0v) is 16.1. The topological polar surface area (TPSA) is 95.7 Å². The minimum Gasteiger partial charge on any atom is -0.381 e. The highest BCUT2D eigenvalue weighted by Crippen LogP contribution is 2.55. The molecule has 3 aliphatic heterocycles. The van der Waals surface area contributed by atoms with E-state index in [1.165, 1.54) is 20.7 Å². The van der Waals surface area contributed by atoms with E-state index >= 15 is 0 Å². The fourth-order valence-electron chi connectivity index (χ4n) is 5.26. The maximum absolute atomic E-state index is 13.5. The second-order valence-corrected chi connectivity index (χ2v) is 8.14. The first-order valence-corrected chi connectivity index (χ1v) is 9.86. The van der Waals surface area contributed by atoms with Crippen LogP contribution in [0.25, 0.3) is 10.9 Å². The van der Waals surface area contributed by atoms with Crippen molar-refractivity contribution in [1.82, 2.24) is 14.5 Å². The zero-order valence-electron chi connectivity index (χ0n) is 16.1. The molecule has 4 unspecified atom stereocenters. The Hall–Kier alpha value is -3.52. The summed E-state index contributed by atoms with van der Waals surface area (Å²) in [6.07, 6.45) is 0.545. The first-order valence-electron chi connectivity index (χ1n) is 9.86. The zero-order chi connectivity index (χ0) is 20.8. The summed E-state index contributed by atoms with van der Waals surface area (Å²) in [7, 11) is 0. The van der Waals surface area contributed by atoms with E-state index < -0.39 is 23.9 Å². The Morgan fingerprint density at radius 2 is 1.77 bits per heavy atom. The lowest BCUT2D eigenvalue weighted by atomic mass is 9.82. The van der Waals surface area contributed by atoms with E-state index in [1.807, 2.05) is 0 Å². The number of hydrogen-bond acceptors (Lipinski definition) is 5. The molecular weight excluding hydrogens is 384 g/mol. The van der Waals surface area contributed by atoms with Gasteiger partial charge in [0.05, 0.1) is 22.9 Å². The van der Waals surface area contributed by atoms with Crippen LogP contribution in [0.1, 0.15) is 24.9 Å². The predicted molar refractivity (Wildman–Crippen MR) is 108 cm³/mol. The fraction of sp³-hybridized carbons (Fsp3) is 0.273. The van der Waals surface area contributed by atoms with Crippen molar-refractivity contribution < 1.29 is 14.7 Å². The van der Waals surface area contributed by atoms with Crippen molar-refractivity contribution in [1.29, 1.82) is 0 Å². The van der Waals surface area contributed by atoms with E-state index in [0.717, 1.165) is 0 Å². The number of para-hydroxylation sites is 2. The van der Waals surface area contributed by atoms with E-state index in [9.17, 15) is 19.5 Å². The molecular formula is C22H18N4O4. The van der Waals surface area contributed by atoms with Crippen LogP contribution in [0.2, 0.25) is 0 Å². The van der Waals surface area contributed by atoms with Gasteiger partial charge in [0.25, 0.3) is 11.5 Å². The number of fused-ring (bicyclic) bond motifs is 4. The molecule has 2 saturated heterocycles. The average molecular weight is 402 g/mol. The van der Waals surface area contributed by atoms with Crippen molar-refractivity contribution in [2.45, 2.75) is 37.2 Å². The quantitative estimate of drug-likeness (QED) is 0.658. The third kappa shape index (κ3) is 1.89. The Kier molecular flexibility index (Phi) is 3.21. The maximum atomic E-state index is 13.5. The SMILES string of the molecule is CC1C(=O)N2c3ccccc3C3(O)CC(n4cnc5ccccc5c4=O)C(=O)N1C23. The second-order valence-electron chi connectivity index (χ2n) is 8.14. The van der Waals surface area contributed by atoms with Crippen molar-refractivity contribution in [3.8, 4) is 0 Å². The molecule has 6 rings (SSSR count). The van der Waals surface area contributed by atoms with Crippen LogP contribution in [0.15, 0.2) is 59.7 Å². The minimum absolute atomic E-state index is 0.0135. The lowest BCUT2D eigenvalue weighted by Crippen LogP contribution is -2.61. The first-order chi connectivity index (χ1) is 14.4. The van der Waals surface area contributed by atoms with E-state index in [-0.39, 0.29) is 23.8 Å². The van der Waals surface area contributed by atoms with Gasteiger partial charge in [-0.25, -0.2) is 4.98 Å². The number of aromatic nitrogens is 2. The molecule has 2 aromatic carbocycles. The third-order valence-corrected chi connectivity index (χ3v) is 6.65. The van der Waals surface area contributed by atoms with Crippen molar-refractivity contribution in [2.24, 2.45) is 0 Å². The number of carbonyl (C=O) groups excluding carboxylic acids is 2. The van der Waals surface area contributed by atoms with Gasteiger partial charge < -0.3 is 10.0 Å². The van der Waals surface area contributed by atoms with Gasteiger partial charge in [-0.05, 0) is 25.1 Å². The standard InChI is InChI=1S/C22H18N4O4/c1-12-18(27)26-16-9-5-3-7-14(16)22(30)10-17(20(29)25(12)21(22)26)24-11-23-15-8-4-2-6-13(15)19(24)28/h2-9,11-12,17,21,30H,10H2,1H3. The molecule has 4 heterocycles. The number of carbonyl (C=O) groups is 2. The molecule has 150 valence electrons. The molecule has 4 atom stereocenters. The molecule has 0 saturated carbocycles. The molecule has 3 aliphatic rings. The Morgan fingerprint density at radius 1 is 1.03 bits per heavy atom. The summed E-state index contributed by atoms with van der Waals surface area (Å²) in [5.41, 5.74) is -0.0647. The smallest absolute Gasteiger partial charge is 0.261 e. The minimum atomic E-state index is -1.47. The molecule has 1 aromatic heterocycles. The molecule has 0 bridgehead atoms. The number of nitrogens with zero attached hydrogens (tertiary/aromatic N) is 4. The summed E-state index contributed by atoms with van der Waals surface area (Å²) >= 11 is 0. The fourth-order valence-corrected chi connectivity index (χ4v) is 5.26. The van der Waals surface area contributed by atoms with Crippen LogP contribution in [-0.4, -0.2) is 43.6 Å². The van der Waals surface area contributed by atoms with E-state index in [0.29, 0.717) is 22.2 Å². The van der Waals surface area contributed by atoms with E-state index in [1.54, 1.807) is 55.5 Å². The molecule has 8 nitrogen and oxygen atoms in total. The number of anilines is 1. The maximum Gasteiger partial charge on any atom is 0.261 e. The van der Waals surface area contributed by atoms with Crippen LogP contribution in [0.3, 0.4) is 0 Å². The van der Waals surface area contributed by atoms with Gasteiger partial charge in [0, 0.05) is 12.0 Å². The van der Waals surface area contributed by atoms with Crippen molar-refractivity contribution in [3.05, 3.63) is 70.8 Å². The Morgan fingerprint density at radius 3 is 2.60 bits per heavy atom. The van der Waals surface area contributed by atoms with Crippen LogP contribution >= 0.6 is 0 Å². The molecule has 2 amide bonds. The van der Waals surface area contributed by atoms with E-state index in [2.05, 4.69) is 4.98 Å². The van der Waals surface area contributed by atoms with Gasteiger partial charge in [0.1, 0.15) is 23.9 Å². The number of aliphatic hydroxyl groups is 1. The second kappa shape index (κ2) is 5.54. The van der Waals surface area contributed by atoms with Crippen LogP contribution in [0.5, 0.6) is 0 Å². The van der Waals surface area contributed by atoms with Crippen molar-refractivity contribution in [3.63, 3.8) is 0 Å². The van der Waals surface area contributed by atoms with Gasteiger partial charge in [-0.2, -0.15) is 0 Å². The van der Waals surface area contributed by atoms with E-state index in [4.69, 9.17) is 0 Å². The summed E-state index contributed by atoms with van der Waals surface area (Å²) in [4.78, 5) is 47.0. The molecule has 0 aliphatic carbocycles. The monoisotopic (exact) mass is 402 g/mol. The molecule has 0 spiro atoms. The first kappa shape index (κ1) is 17.3. The highest BCUT2D eigenvalue weighted by molar-refractivity contribution is 6.06. The van der Waals surface area contributed by atoms with Crippen molar-refractivity contribution >= 4 is 28.4 Å². The van der Waals surface area contributed by atoms with Gasteiger partial charge >= 0.3 is 0 Å². The number of amides is 2. The normalized spacial score (nSPS) is 29.5. The lowest BCUT2D eigenvalue weighted by Gasteiger charge is -2.44. The summed E-state index contributed by atoms with van der Waals surface area (Å²) in [5, 5.41) is 12.2. The van der Waals surface area contributed by atoms with Gasteiger partial charge in [-0.3, -0.25) is 23.9 Å². The number of hydrogen-bond donors (Lipinski definition) is 1. The van der Waals surface area contributed by atoms with Crippen LogP contribution in [0, 0.1) is 0 Å². The van der Waals surface area contributed by atoms with Gasteiger partial charge in [0.15, 0.2) is 0 Å². The molecule has 0 radical (unpaired) electrons. The Labute approximate surface area is 171 Å². The average Bonchev–Trinajstić information content (AvgIpc) is 3.18. The largest absolute Gasteiger partial charge is 0.381 e. The van der Waals surface area contributed by atoms with Gasteiger partial charge in [-0.1, -0.05) is 30.3 Å². The molecule has 8 heteroatoms. The molecule has 2 fully saturated rings.